The highest BCUT2D eigenvalue weighted by Crippen LogP contribution is 2.52. The Morgan fingerprint density at radius 1 is 1.33 bits per heavy atom. The zero-order valence-corrected chi connectivity index (χ0v) is 18.4. The maximum atomic E-state index is 13.5. The molecule has 5 rings (SSSR count). The number of nitrogens with one attached hydrogen (secondary N) is 2. The van der Waals surface area contributed by atoms with E-state index in [1.165, 1.54) is 12.1 Å². The molecule has 9 heteroatoms. The highest BCUT2D eigenvalue weighted by molar-refractivity contribution is 8.00. The number of amides is 2. The Kier molecular flexibility index (Phi) is 6.46. The topological polar surface area (TPSA) is 76.7 Å². The Balaban J connectivity index is 1.24. The Hall–Kier alpha value is -1.51. The minimum atomic E-state index is -0.587. The molecule has 4 fully saturated rings. The number of fused-ring (bicyclic) bond motifs is 1. The van der Waals surface area contributed by atoms with Crippen LogP contribution in [0, 0.1) is 11.7 Å². The van der Waals surface area contributed by atoms with Gasteiger partial charge in [0.25, 0.3) is 5.91 Å². The van der Waals surface area contributed by atoms with Crippen LogP contribution in [0.15, 0.2) is 18.2 Å². The summed E-state index contributed by atoms with van der Waals surface area (Å²) >= 11 is 7.30. The minimum absolute atomic E-state index is 0.00817. The molecule has 1 aliphatic heterocycles. The molecule has 1 aromatic carbocycles. The van der Waals surface area contributed by atoms with Crippen molar-refractivity contribution in [3.8, 4) is 5.75 Å². The van der Waals surface area contributed by atoms with Crippen molar-refractivity contribution in [2.24, 2.45) is 5.92 Å². The van der Waals surface area contributed by atoms with E-state index < -0.39 is 5.82 Å². The molecule has 3 atom stereocenters. The Labute approximate surface area is 184 Å². The summed E-state index contributed by atoms with van der Waals surface area (Å²) in [6.07, 6.45) is 3.32. The first-order valence-corrected chi connectivity index (χ1v) is 11.7. The van der Waals surface area contributed by atoms with E-state index in [0.717, 1.165) is 37.5 Å². The number of halogens is 2. The summed E-state index contributed by atoms with van der Waals surface area (Å²) in [4.78, 5) is 25.1. The van der Waals surface area contributed by atoms with Gasteiger partial charge in [-0.15, -0.1) is 11.8 Å². The number of carbonyl (C=O) groups is 2. The summed E-state index contributed by atoms with van der Waals surface area (Å²) in [6, 6.07) is 4.15. The van der Waals surface area contributed by atoms with Crippen LogP contribution in [0.5, 0.6) is 5.75 Å². The van der Waals surface area contributed by atoms with Crippen molar-refractivity contribution in [2.75, 3.05) is 19.0 Å². The highest BCUT2D eigenvalue weighted by Gasteiger charge is 2.57. The van der Waals surface area contributed by atoms with Crippen molar-refractivity contribution in [1.29, 1.82) is 0 Å². The van der Waals surface area contributed by atoms with Gasteiger partial charge in [-0.3, -0.25) is 9.59 Å². The summed E-state index contributed by atoms with van der Waals surface area (Å²) in [5.41, 5.74) is -0.281. The van der Waals surface area contributed by atoms with Gasteiger partial charge < -0.3 is 20.1 Å². The fourth-order valence-electron chi connectivity index (χ4n) is 4.82. The van der Waals surface area contributed by atoms with Gasteiger partial charge in [-0.05, 0) is 56.4 Å². The summed E-state index contributed by atoms with van der Waals surface area (Å²) in [7, 11) is 0. The van der Waals surface area contributed by atoms with Gasteiger partial charge in [-0.25, -0.2) is 4.39 Å². The molecule has 1 saturated heterocycles. The molecule has 0 aromatic heterocycles. The van der Waals surface area contributed by atoms with Gasteiger partial charge in [0, 0.05) is 24.3 Å². The molecule has 164 valence electrons. The second-order valence-electron chi connectivity index (χ2n) is 8.25. The molecule has 3 aliphatic carbocycles. The van der Waals surface area contributed by atoms with Gasteiger partial charge in [-0.2, -0.15) is 0 Å². The van der Waals surface area contributed by atoms with Crippen LogP contribution in [-0.4, -0.2) is 53.7 Å². The maximum absolute atomic E-state index is 13.5. The lowest BCUT2D eigenvalue weighted by molar-refractivity contribution is -0.126. The molecule has 0 radical (unpaired) electrons. The molecule has 2 bridgehead atoms. The zero-order chi connectivity index (χ0) is 21.3. The van der Waals surface area contributed by atoms with Crippen molar-refractivity contribution in [3.63, 3.8) is 0 Å². The smallest absolute Gasteiger partial charge is 0.258 e. The molecule has 3 unspecified atom stereocenters. The number of rotatable bonds is 8. The summed E-state index contributed by atoms with van der Waals surface area (Å²) in [5.74, 6) is 0.787. The predicted molar refractivity (Wildman–Crippen MR) is 113 cm³/mol. The summed E-state index contributed by atoms with van der Waals surface area (Å²) in [6.45, 7) is 2.36. The number of hydrogen-bond donors (Lipinski definition) is 2. The maximum Gasteiger partial charge on any atom is 0.258 e. The number of thioether (sulfide) groups is 1. The van der Waals surface area contributed by atoms with Gasteiger partial charge >= 0.3 is 0 Å². The third-order valence-corrected chi connectivity index (χ3v) is 7.81. The van der Waals surface area contributed by atoms with Crippen LogP contribution in [0.3, 0.4) is 0 Å². The first kappa shape index (κ1) is 21.7. The quantitative estimate of drug-likeness (QED) is 0.629. The van der Waals surface area contributed by atoms with Crippen molar-refractivity contribution in [3.05, 3.63) is 29.0 Å². The van der Waals surface area contributed by atoms with Crippen LogP contribution in [0.25, 0.3) is 0 Å². The molecular weight excluding hydrogens is 431 g/mol. The second-order valence-corrected chi connectivity index (χ2v) is 9.91. The van der Waals surface area contributed by atoms with E-state index in [1.54, 1.807) is 11.8 Å². The zero-order valence-electron chi connectivity index (χ0n) is 16.8. The Bertz CT molecular complexity index is 820. The summed E-state index contributed by atoms with van der Waals surface area (Å²) < 4.78 is 24.5. The van der Waals surface area contributed by atoms with Crippen molar-refractivity contribution >= 4 is 35.2 Å². The van der Waals surface area contributed by atoms with E-state index in [2.05, 4.69) is 10.6 Å². The standard InChI is InChI=1S/C21H26ClFN2O4S/c1-2-28-17-5-6-30-19(17)20(27)24-16-10-21(8-12(16)9-21)25-18(26)11-29-13-3-4-14(22)15(23)7-13/h3-4,7,12,16-17,19H,2,5-6,8-11H2,1H3,(H,24,27)(H,25,26). The monoisotopic (exact) mass is 456 g/mol. The van der Waals surface area contributed by atoms with Gasteiger partial charge in [-0.1, -0.05) is 11.6 Å². The van der Waals surface area contributed by atoms with E-state index in [0.29, 0.717) is 12.5 Å². The highest BCUT2D eigenvalue weighted by atomic mass is 35.5. The molecule has 1 heterocycles. The predicted octanol–water partition coefficient (Wildman–Crippen LogP) is 2.92. The van der Waals surface area contributed by atoms with Crippen LogP contribution >= 0.6 is 23.4 Å². The van der Waals surface area contributed by atoms with E-state index in [-0.39, 0.29) is 52.1 Å². The fourth-order valence-corrected chi connectivity index (χ4v) is 6.20. The lowest BCUT2D eigenvalue weighted by Gasteiger charge is -2.39. The average Bonchev–Trinajstić information content (AvgIpc) is 3.36. The molecule has 0 spiro atoms. The summed E-state index contributed by atoms with van der Waals surface area (Å²) in [5, 5.41) is 6.10. The van der Waals surface area contributed by atoms with Crippen LogP contribution in [0.1, 0.15) is 32.6 Å². The fraction of sp³-hybridized carbons (Fsp3) is 0.619. The van der Waals surface area contributed by atoms with E-state index in [4.69, 9.17) is 21.1 Å². The largest absolute Gasteiger partial charge is 0.484 e. The van der Waals surface area contributed by atoms with E-state index in [9.17, 15) is 14.0 Å². The SMILES string of the molecule is CCOC1CCSC1C(=O)NC1CC2(NC(=O)COc3ccc(Cl)c(F)c3)CC1C2. The lowest BCUT2D eigenvalue weighted by atomic mass is 9.76. The van der Waals surface area contributed by atoms with Gasteiger partial charge in [0.15, 0.2) is 6.61 Å². The molecular formula is C21H26ClFN2O4S. The van der Waals surface area contributed by atoms with Crippen LogP contribution in [0.4, 0.5) is 4.39 Å². The van der Waals surface area contributed by atoms with Gasteiger partial charge in [0.2, 0.25) is 5.91 Å². The number of benzene rings is 1. The van der Waals surface area contributed by atoms with Crippen LogP contribution < -0.4 is 15.4 Å². The molecule has 30 heavy (non-hydrogen) atoms. The first-order chi connectivity index (χ1) is 14.4. The van der Waals surface area contributed by atoms with E-state index >= 15 is 0 Å². The van der Waals surface area contributed by atoms with Crippen molar-refractivity contribution < 1.29 is 23.5 Å². The average molecular weight is 457 g/mol. The third kappa shape index (κ3) is 4.55. The normalized spacial score (nSPS) is 31.8. The molecule has 3 saturated carbocycles. The first-order valence-electron chi connectivity index (χ1n) is 10.3. The molecule has 4 aliphatic rings. The number of ether oxygens (including phenoxy) is 2. The second kappa shape index (κ2) is 8.93. The van der Waals surface area contributed by atoms with E-state index in [1.807, 2.05) is 6.92 Å². The molecule has 6 nitrogen and oxygen atoms in total. The molecule has 2 N–H and O–H groups in total. The minimum Gasteiger partial charge on any atom is -0.484 e. The van der Waals surface area contributed by atoms with Crippen LogP contribution in [0.2, 0.25) is 5.02 Å². The van der Waals surface area contributed by atoms with Crippen LogP contribution in [-0.2, 0) is 14.3 Å². The van der Waals surface area contributed by atoms with Crippen molar-refractivity contribution in [1.82, 2.24) is 10.6 Å². The third-order valence-electron chi connectivity index (χ3n) is 6.16. The Morgan fingerprint density at radius 3 is 2.87 bits per heavy atom. The van der Waals surface area contributed by atoms with Gasteiger partial charge in [0.05, 0.1) is 11.1 Å². The number of hydrogen-bond acceptors (Lipinski definition) is 5. The Morgan fingerprint density at radius 2 is 2.13 bits per heavy atom. The van der Waals surface area contributed by atoms with Crippen molar-refractivity contribution in [2.45, 2.75) is 55.5 Å². The van der Waals surface area contributed by atoms with Gasteiger partial charge in [0.1, 0.15) is 16.8 Å². The molecule has 1 aromatic rings. The lowest BCUT2D eigenvalue weighted by Crippen LogP contribution is -2.53. The molecule has 2 amide bonds. The number of carbonyl (C=O) groups excluding carboxylic acids is 2.